The second-order valence-electron chi connectivity index (χ2n) is 3.39. The Labute approximate surface area is 93.8 Å². The molecule has 0 aromatic carbocycles. The number of hydrogen-bond acceptors (Lipinski definition) is 5. The number of pyridine rings is 1. The zero-order chi connectivity index (χ0) is 12.0. The molecule has 0 saturated carbocycles. The molecule has 1 heterocycles. The fourth-order valence-electron chi connectivity index (χ4n) is 1.27. The number of anilines is 1. The maximum atomic E-state index is 10.5. The lowest BCUT2D eigenvalue weighted by Crippen LogP contribution is -2.07. The Bertz CT molecular complexity index is 368. The normalized spacial score (nSPS) is 10.1. The Morgan fingerprint density at radius 1 is 1.62 bits per heavy atom. The summed E-state index contributed by atoms with van der Waals surface area (Å²) >= 11 is 0. The summed E-state index contributed by atoms with van der Waals surface area (Å²) in [6.07, 6.45) is 2.13. The first-order valence-electron chi connectivity index (χ1n) is 4.99. The van der Waals surface area contributed by atoms with Gasteiger partial charge in [-0.25, -0.2) is 4.98 Å². The van der Waals surface area contributed by atoms with Crippen molar-refractivity contribution in [3.05, 3.63) is 27.9 Å². The molecular formula is C10H15N3O3. The van der Waals surface area contributed by atoms with Crippen LogP contribution < -0.4 is 5.32 Å². The maximum absolute atomic E-state index is 10.5. The van der Waals surface area contributed by atoms with E-state index in [1.807, 2.05) is 0 Å². The van der Waals surface area contributed by atoms with Crippen LogP contribution in [-0.2, 0) is 4.74 Å². The Morgan fingerprint density at radius 2 is 2.38 bits per heavy atom. The summed E-state index contributed by atoms with van der Waals surface area (Å²) in [6.45, 7) is 3.21. The second-order valence-corrected chi connectivity index (χ2v) is 3.39. The molecule has 88 valence electrons. The van der Waals surface area contributed by atoms with Crippen molar-refractivity contribution in [3.63, 3.8) is 0 Å². The van der Waals surface area contributed by atoms with Crippen molar-refractivity contribution in [2.45, 2.75) is 13.3 Å². The van der Waals surface area contributed by atoms with Crippen molar-refractivity contribution in [2.24, 2.45) is 0 Å². The number of rotatable bonds is 6. The SMILES string of the molecule is COCCCNc1ncc([N+](=O)[O-])cc1C. The first-order chi connectivity index (χ1) is 7.65. The first kappa shape index (κ1) is 12.4. The summed E-state index contributed by atoms with van der Waals surface area (Å²) in [5.41, 5.74) is 0.784. The average Bonchev–Trinajstić information content (AvgIpc) is 2.26. The van der Waals surface area contributed by atoms with Crippen LogP contribution in [0.2, 0.25) is 0 Å². The van der Waals surface area contributed by atoms with Crippen LogP contribution in [0.4, 0.5) is 11.5 Å². The fourth-order valence-corrected chi connectivity index (χ4v) is 1.27. The van der Waals surface area contributed by atoms with Gasteiger partial charge in [-0.05, 0) is 18.9 Å². The first-order valence-corrected chi connectivity index (χ1v) is 4.99. The Balaban J connectivity index is 2.57. The van der Waals surface area contributed by atoms with Gasteiger partial charge in [-0.15, -0.1) is 0 Å². The van der Waals surface area contributed by atoms with E-state index in [0.29, 0.717) is 12.4 Å². The molecule has 0 atom stereocenters. The molecule has 0 aliphatic heterocycles. The number of nitrogens with one attached hydrogen (secondary N) is 1. The van der Waals surface area contributed by atoms with E-state index in [0.717, 1.165) is 18.5 Å². The Morgan fingerprint density at radius 3 is 2.94 bits per heavy atom. The van der Waals surface area contributed by atoms with Crippen molar-refractivity contribution in [2.75, 3.05) is 25.6 Å². The van der Waals surface area contributed by atoms with Crippen LogP contribution in [0.5, 0.6) is 0 Å². The van der Waals surface area contributed by atoms with Crippen molar-refractivity contribution in [1.29, 1.82) is 0 Å². The van der Waals surface area contributed by atoms with Crippen molar-refractivity contribution in [1.82, 2.24) is 4.98 Å². The van der Waals surface area contributed by atoms with Gasteiger partial charge >= 0.3 is 0 Å². The Hall–Kier alpha value is -1.69. The Kier molecular flexibility index (Phi) is 4.65. The summed E-state index contributed by atoms with van der Waals surface area (Å²) in [4.78, 5) is 14.0. The van der Waals surface area contributed by atoms with Crippen molar-refractivity contribution >= 4 is 11.5 Å². The summed E-state index contributed by atoms with van der Waals surface area (Å²) in [7, 11) is 1.65. The summed E-state index contributed by atoms with van der Waals surface area (Å²) < 4.78 is 4.91. The lowest BCUT2D eigenvalue weighted by Gasteiger charge is -2.07. The molecular weight excluding hydrogens is 210 g/mol. The van der Waals surface area contributed by atoms with Crippen LogP contribution in [0, 0.1) is 17.0 Å². The molecule has 0 aliphatic carbocycles. The largest absolute Gasteiger partial charge is 0.385 e. The zero-order valence-corrected chi connectivity index (χ0v) is 9.40. The fraction of sp³-hybridized carbons (Fsp3) is 0.500. The van der Waals surface area contributed by atoms with Crippen molar-refractivity contribution in [3.8, 4) is 0 Å². The van der Waals surface area contributed by atoms with Gasteiger partial charge in [0.1, 0.15) is 12.0 Å². The average molecular weight is 225 g/mol. The van der Waals surface area contributed by atoms with E-state index in [1.165, 1.54) is 12.3 Å². The topological polar surface area (TPSA) is 77.3 Å². The number of nitrogens with zero attached hydrogens (tertiary/aromatic N) is 2. The van der Waals surface area contributed by atoms with Gasteiger partial charge in [-0.1, -0.05) is 0 Å². The van der Waals surface area contributed by atoms with E-state index in [4.69, 9.17) is 4.74 Å². The van der Waals surface area contributed by atoms with Gasteiger partial charge in [0.05, 0.1) is 4.92 Å². The van der Waals surface area contributed by atoms with Crippen LogP contribution in [-0.4, -0.2) is 30.2 Å². The molecule has 0 fully saturated rings. The highest BCUT2D eigenvalue weighted by atomic mass is 16.6. The lowest BCUT2D eigenvalue weighted by molar-refractivity contribution is -0.385. The third kappa shape index (κ3) is 3.47. The van der Waals surface area contributed by atoms with Crippen LogP contribution >= 0.6 is 0 Å². The van der Waals surface area contributed by atoms with Gasteiger partial charge in [0, 0.05) is 26.3 Å². The van der Waals surface area contributed by atoms with Gasteiger partial charge in [-0.3, -0.25) is 10.1 Å². The van der Waals surface area contributed by atoms with Gasteiger partial charge in [0.15, 0.2) is 0 Å². The van der Waals surface area contributed by atoms with Gasteiger partial charge < -0.3 is 10.1 Å². The lowest BCUT2D eigenvalue weighted by atomic mass is 10.2. The van der Waals surface area contributed by atoms with E-state index in [2.05, 4.69) is 10.3 Å². The third-order valence-electron chi connectivity index (χ3n) is 2.09. The van der Waals surface area contributed by atoms with Gasteiger partial charge in [0.25, 0.3) is 5.69 Å². The van der Waals surface area contributed by atoms with E-state index >= 15 is 0 Å². The zero-order valence-electron chi connectivity index (χ0n) is 9.40. The number of nitro groups is 1. The van der Waals surface area contributed by atoms with E-state index in [1.54, 1.807) is 14.0 Å². The van der Waals surface area contributed by atoms with Crippen LogP contribution in [0.3, 0.4) is 0 Å². The molecule has 0 aliphatic rings. The van der Waals surface area contributed by atoms with Gasteiger partial charge in [0.2, 0.25) is 0 Å². The summed E-state index contributed by atoms with van der Waals surface area (Å²) in [5, 5.41) is 13.6. The molecule has 1 rings (SSSR count). The minimum Gasteiger partial charge on any atom is -0.385 e. The monoisotopic (exact) mass is 225 g/mol. The van der Waals surface area contributed by atoms with Crippen LogP contribution in [0.1, 0.15) is 12.0 Å². The number of aryl methyl sites for hydroxylation is 1. The highest BCUT2D eigenvalue weighted by Crippen LogP contribution is 2.17. The second kappa shape index (κ2) is 6.02. The molecule has 6 heteroatoms. The number of aromatic nitrogens is 1. The maximum Gasteiger partial charge on any atom is 0.287 e. The molecule has 1 aromatic heterocycles. The summed E-state index contributed by atoms with van der Waals surface area (Å²) in [5.74, 6) is 0.682. The number of methoxy groups -OCH3 is 1. The molecule has 0 unspecified atom stereocenters. The van der Waals surface area contributed by atoms with Crippen LogP contribution in [0.15, 0.2) is 12.3 Å². The van der Waals surface area contributed by atoms with E-state index in [9.17, 15) is 10.1 Å². The number of ether oxygens (including phenoxy) is 1. The smallest absolute Gasteiger partial charge is 0.287 e. The minimum absolute atomic E-state index is 0.0138. The molecule has 0 amide bonds. The number of hydrogen-bond donors (Lipinski definition) is 1. The molecule has 0 spiro atoms. The molecule has 1 N–H and O–H groups in total. The quantitative estimate of drug-likeness (QED) is 0.453. The predicted molar refractivity (Wildman–Crippen MR) is 60.6 cm³/mol. The minimum atomic E-state index is -0.450. The van der Waals surface area contributed by atoms with Crippen LogP contribution in [0.25, 0.3) is 0 Å². The predicted octanol–water partition coefficient (Wildman–Crippen LogP) is 1.75. The van der Waals surface area contributed by atoms with E-state index < -0.39 is 4.92 Å². The molecule has 1 aromatic rings. The molecule has 16 heavy (non-hydrogen) atoms. The summed E-state index contributed by atoms with van der Waals surface area (Å²) in [6, 6.07) is 1.51. The third-order valence-corrected chi connectivity index (χ3v) is 2.09. The highest BCUT2D eigenvalue weighted by Gasteiger charge is 2.08. The standard InChI is InChI=1S/C10H15N3O3/c1-8-6-9(13(14)15)7-12-10(8)11-4-3-5-16-2/h6-7H,3-5H2,1-2H3,(H,11,12). The molecule has 0 saturated heterocycles. The van der Waals surface area contributed by atoms with Gasteiger partial charge in [-0.2, -0.15) is 0 Å². The molecule has 0 radical (unpaired) electrons. The van der Waals surface area contributed by atoms with Crippen molar-refractivity contribution < 1.29 is 9.66 Å². The highest BCUT2D eigenvalue weighted by molar-refractivity contribution is 5.48. The molecule has 0 bridgehead atoms. The van der Waals surface area contributed by atoms with E-state index in [-0.39, 0.29) is 5.69 Å². The molecule has 6 nitrogen and oxygen atoms in total.